The molecule has 0 spiro atoms. The van der Waals surface area contributed by atoms with Crippen LogP contribution in [-0.4, -0.2) is 5.92 Å². The van der Waals surface area contributed by atoms with Gasteiger partial charge < -0.3 is 0 Å². The van der Waals surface area contributed by atoms with Gasteiger partial charge in [-0.15, -0.1) is 0 Å². The van der Waals surface area contributed by atoms with Crippen LogP contribution in [0, 0.1) is 11.3 Å². The van der Waals surface area contributed by atoms with Crippen LogP contribution in [0.15, 0.2) is 0 Å². The Labute approximate surface area is 73.3 Å². The Bertz CT molecular complexity index is 163. The summed E-state index contributed by atoms with van der Waals surface area (Å²) in [4.78, 5) is 0. The fraction of sp³-hybridized carbons (Fsp3) is 1.00. The lowest BCUT2D eigenvalue weighted by atomic mass is 9.89. The van der Waals surface area contributed by atoms with E-state index in [-0.39, 0.29) is 6.42 Å². The third-order valence-corrected chi connectivity index (χ3v) is 2.74. The summed E-state index contributed by atoms with van der Waals surface area (Å²) in [6.07, 6.45) is 2.39. The molecule has 1 atom stereocenters. The molecule has 1 aliphatic carbocycles. The van der Waals surface area contributed by atoms with Gasteiger partial charge in [0.25, 0.3) is 5.92 Å². The molecule has 0 aromatic heterocycles. The maximum atomic E-state index is 13.0. The highest BCUT2D eigenvalue weighted by Gasteiger charge is 2.69. The van der Waals surface area contributed by atoms with Gasteiger partial charge in [-0.2, -0.15) is 0 Å². The lowest BCUT2D eigenvalue weighted by Gasteiger charge is -2.17. The van der Waals surface area contributed by atoms with Gasteiger partial charge in [0.2, 0.25) is 0 Å². The fourth-order valence-corrected chi connectivity index (χ4v) is 2.24. The van der Waals surface area contributed by atoms with E-state index in [9.17, 15) is 8.78 Å². The molecular formula is C10H18F2. The summed E-state index contributed by atoms with van der Waals surface area (Å²) in [6.45, 7) is 6.02. The summed E-state index contributed by atoms with van der Waals surface area (Å²) < 4.78 is 26.0. The number of halogens is 2. The SMILES string of the molecule is CCCC1(CC(C)C)CC1(F)F. The lowest BCUT2D eigenvalue weighted by molar-refractivity contribution is 0.0511. The first kappa shape index (κ1) is 9.94. The molecule has 1 aliphatic rings. The predicted molar refractivity (Wildman–Crippen MR) is 46.4 cm³/mol. The molecule has 0 N–H and O–H groups in total. The van der Waals surface area contributed by atoms with Crippen LogP contribution >= 0.6 is 0 Å². The van der Waals surface area contributed by atoms with Crippen molar-refractivity contribution in [1.29, 1.82) is 0 Å². The Balaban J connectivity index is 2.53. The number of hydrogen-bond acceptors (Lipinski definition) is 0. The highest BCUT2D eigenvalue weighted by Crippen LogP contribution is 2.66. The lowest BCUT2D eigenvalue weighted by Crippen LogP contribution is -2.13. The van der Waals surface area contributed by atoms with Gasteiger partial charge in [0.05, 0.1) is 0 Å². The van der Waals surface area contributed by atoms with Crippen LogP contribution in [0.1, 0.15) is 46.5 Å². The van der Waals surface area contributed by atoms with Crippen molar-refractivity contribution in [3.63, 3.8) is 0 Å². The molecule has 0 amide bonds. The highest BCUT2D eigenvalue weighted by molar-refractivity contribution is 5.09. The Hall–Kier alpha value is -0.140. The smallest absolute Gasteiger partial charge is 0.206 e. The molecule has 1 fully saturated rings. The molecule has 12 heavy (non-hydrogen) atoms. The number of alkyl halides is 2. The molecule has 0 aromatic carbocycles. The molecule has 0 radical (unpaired) electrons. The third-order valence-electron chi connectivity index (χ3n) is 2.74. The van der Waals surface area contributed by atoms with Crippen LogP contribution in [0.2, 0.25) is 0 Å². The van der Waals surface area contributed by atoms with Crippen molar-refractivity contribution in [2.24, 2.45) is 11.3 Å². The second kappa shape index (κ2) is 2.97. The van der Waals surface area contributed by atoms with Gasteiger partial charge in [-0.1, -0.05) is 27.2 Å². The zero-order valence-corrected chi connectivity index (χ0v) is 8.16. The second-order valence-corrected chi connectivity index (χ2v) is 4.51. The zero-order chi connectivity index (χ0) is 9.41. The van der Waals surface area contributed by atoms with Crippen molar-refractivity contribution in [3.05, 3.63) is 0 Å². The zero-order valence-electron chi connectivity index (χ0n) is 8.16. The molecule has 0 aromatic rings. The van der Waals surface area contributed by atoms with Gasteiger partial charge in [-0.25, -0.2) is 8.78 Å². The average molecular weight is 176 g/mol. The van der Waals surface area contributed by atoms with E-state index in [1.54, 1.807) is 0 Å². The van der Waals surface area contributed by atoms with Gasteiger partial charge in [0.1, 0.15) is 0 Å². The van der Waals surface area contributed by atoms with Crippen molar-refractivity contribution in [2.75, 3.05) is 0 Å². The molecule has 0 heterocycles. The summed E-state index contributed by atoms with van der Waals surface area (Å²) in [6, 6.07) is 0. The monoisotopic (exact) mass is 176 g/mol. The van der Waals surface area contributed by atoms with Crippen molar-refractivity contribution < 1.29 is 8.78 Å². The van der Waals surface area contributed by atoms with Gasteiger partial charge in [-0.3, -0.25) is 0 Å². The third kappa shape index (κ3) is 1.62. The molecular weight excluding hydrogens is 158 g/mol. The van der Waals surface area contributed by atoms with Crippen LogP contribution in [0.5, 0.6) is 0 Å². The standard InChI is InChI=1S/C10H18F2/c1-4-5-9(6-8(2)3)7-10(9,11)12/h8H,4-7H2,1-3H3. The molecule has 1 unspecified atom stereocenters. The van der Waals surface area contributed by atoms with E-state index in [0.717, 1.165) is 6.42 Å². The van der Waals surface area contributed by atoms with Crippen LogP contribution in [-0.2, 0) is 0 Å². The number of rotatable bonds is 4. The van der Waals surface area contributed by atoms with E-state index >= 15 is 0 Å². The predicted octanol–water partition coefficient (Wildman–Crippen LogP) is 3.86. The Morgan fingerprint density at radius 2 is 1.83 bits per heavy atom. The summed E-state index contributed by atoms with van der Waals surface area (Å²) in [7, 11) is 0. The Morgan fingerprint density at radius 3 is 2.08 bits per heavy atom. The average Bonchev–Trinajstić information content (AvgIpc) is 2.31. The van der Waals surface area contributed by atoms with E-state index in [0.29, 0.717) is 18.8 Å². The summed E-state index contributed by atoms with van der Waals surface area (Å²) in [5.74, 6) is -1.96. The summed E-state index contributed by atoms with van der Waals surface area (Å²) in [5.41, 5.74) is -0.615. The Kier molecular flexibility index (Phi) is 2.46. The first-order valence-corrected chi connectivity index (χ1v) is 4.81. The Morgan fingerprint density at radius 1 is 1.33 bits per heavy atom. The maximum Gasteiger partial charge on any atom is 0.254 e. The van der Waals surface area contributed by atoms with Gasteiger partial charge in [0, 0.05) is 11.8 Å². The molecule has 0 bridgehead atoms. The molecule has 72 valence electrons. The van der Waals surface area contributed by atoms with E-state index < -0.39 is 11.3 Å². The molecule has 0 aliphatic heterocycles. The van der Waals surface area contributed by atoms with Crippen molar-refractivity contribution >= 4 is 0 Å². The van der Waals surface area contributed by atoms with Gasteiger partial charge in [-0.05, 0) is 18.8 Å². The molecule has 1 rings (SSSR count). The van der Waals surface area contributed by atoms with Crippen molar-refractivity contribution in [3.8, 4) is 0 Å². The van der Waals surface area contributed by atoms with Gasteiger partial charge in [0.15, 0.2) is 0 Å². The van der Waals surface area contributed by atoms with E-state index in [2.05, 4.69) is 0 Å². The normalized spacial score (nSPS) is 32.5. The second-order valence-electron chi connectivity index (χ2n) is 4.51. The van der Waals surface area contributed by atoms with Crippen molar-refractivity contribution in [2.45, 2.75) is 52.4 Å². The van der Waals surface area contributed by atoms with Crippen molar-refractivity contribution in [1.82, 2.24) is 0 Å². The summed E-state index contributed by atoms with van der Waals surface area (Å²) >= 11 is 0. The van der Waals surface area contributed by atoms with E-state index in [4.69, 9.17) is 0 Å². The molecule has 1 saturated carbocycles. The van der Waals surface area contributed by atoms with Crippen LogP contribution in [0.3, 0.4) is 0 Å². The topological polar surface area (TPSA) is 0 Å². The number of hydrogen-bond donors (Lipinski definition) is 0. The minimum atomic E-state index is -2.35. The van der Waals surface area contributed by atoms with Crippen LogP contribution < -0.4 is 0 Å². The first-order valence-electron chi connectivity index (χ1n) is 4.81. The molecule has 2 heteroatoms. The quantitative estimate of drug-likeness (QED) is 0.610. The summed E-state index contributed by atoms with van der Waals surface area (Å²) in [5, 5.41) is 0. The van der Waals surface area contributed by atoms with Gasteiger partial charge >= 0.3 is 0 Å². The highest BCUT2D eigenvalue weighted by atomic mass is 19.3. The minimum Gasteiger partial charge on any atom is -0.206 e. The molecule has 0 saturated heterocycles. The maximum absolute atomic E-state index is 13.0. The van der Waals surface area contributed by atoms with Crippen LogP contribution in [0.4, 0.5) is 8.78 Å². The minimum absolute atomic E-state index is 0.131. The largest absolute Gasteiger partial charge is 0.254 e. The van der Waals surface area contributed by atoms with E-state index in [1.807, 2.05) is 20.8 Å². The van der Waals surface area contributed by atoms with Crippen LogP contribution in [0.25, 0.3) is 0 Å². The first-order chi connectivity index (χ1) is 5.43. The van der Waals surface area contributed by atoms with E-state index in [1.165, 1.54) is 0 Å². The fourth-order valence-electron chi connectivity index (χ4n) is 2.24. The molecule has 0 nitrogen and oxygen atoms in total.